The van der Waals surface area contributed by atoms with Crippen LogP contribution in [-0.2, 0) is 17.9 Å². The van der Waals surface area contributed by atoms with Crippen LogP contribution in [0.4, 0.5) is 10.5 Å². The summed E-state index contributed by atoms with van der Waals surface area (Å²) in [5.74, 6) is 1.94. The van der Waals surface area contributed by atoms with Gasteiger partial charge in [-0.25, -0.2) is 4.79 Å². The Bertz CT molecular complexity index is 1210. The molecule has 4 rings (SSSR count). The average molecular weight is 512 g/mol. The highest BCUT2D eigenvalue weighted by Gasteiger charge is 2.24. The highest BCUT2D eigenvalue weighted by Crippen LogP contribution is 2.33. The number of ether oxygens (including phenoxy) is 2. The Hall–Kier alpha value is -3.65. The first-order valence-electron chi connectivity index (χ1n) is 11.8. The number of hydrogen-bond donors (Lipinski definition) is 1. The van der Waals surface area contributed by atoms with Crippen LogP contribution >= 0.6 is 11.6 Å². The van der Waals surface area contributed by atoms with Gasteiger partial charge in [-0.1, -0.05) is 37.6 Å². The van der Waals surface area contributed by atoms with E-state index < -0.39 is 0 Å². The number of hydrogen-bond acceptors (Lipinski definition) is 5. The Morgan fingerprint density at radius 1 is 1.03 bits per heavy atom. The van der Waals surface area contributed by atoms with Gasteiger partial charge < -0.3 is 29.0 Å². The number of halogens is 1. The molecule has 0 fully saturated rings. The molecule has 0 bridgehead atoms. The Morgan fingerprint density at radius 2 is 1.83 bits per heavy atom. The van der Waals surface area contributed by atoms with Crippen LogP contribution in [0.15, 0.2) is 59.2 Å². The number of benzene rings is 2. The Labute approximate surface area is 215 Å². The molecule has 1 aliphatic rings. The molecule has 2 heterocycles. The van der Waals surface area contributed by atoms with Gasteiger partial charge in [-0.05, 0) is 60.4 Å². The van der Waals surface area contributed by atoms with Crippen molar-refractivity contribution in [1.29, 1.82) is 0 Å². The van der Waals surface area contributed by atoms with Crippen LogP contribution < -0.4 is 14.8 Å². The summed E-state index contributed by atoms with van der Waals surface area (Å²) >= 11 is 6.22. The number of fused-ring (bicyclic) bond motifs is 1. The fourth-order valence-corrected chi connectivity index (χ4v) is 4.06. The molecule has 1 aliphatic heterocycles. The van der Waals surface area contributed by atoms with Gasteiger partial charge in [0.2, 0.25) is 12.7 Å². The van der Waals surface area contributed by atoms with E-state index in [1.165, 1.54) is 4.90 Å². The molecule has 0 spiro atoms. The van der Waals surface area contributed by atoms with Crippen molar-refractivity contribution in [3.63, 3.8) is 0 Å². The fraction of sp³-hybridized carbons (Fsp3) is 0.333. The SMILES string of the molecule is Cc1ccc(NC(=O)N(CC(=O)N(Cc2ccc3c(c2)OCO3)Cc2ccco2)CC(C)C)cc1Cl. The molecule has 2 aromatic carbocycles. The van der Waals surface area contributed by atoms with Crippen LogP contribution in [0.3, 0.4) is 0 Å². The van der Waals surface area contributed by atoms with Gasteiger partial charge in [-0.2, -0.15) is 0 Å². The number of rotatable bonds is 9. The maximum atomic E-state index is 13.5. The third kappa shape index (κ3) is 6.51. The molecular weight excluding hydrogens is 482 g/mol. The summed E-state index contributed by atoms with van der Waals surface area (Å²) in [6, 6.07) is 14.2. The number of carbonyl (C=O) groups excluding carboxylic acids is 2. The van der Waals surface area contributed by atoms with Crippen LogP contribution in [0.1, 0.15) is 30.7 Å². The van der Waals surface area contributed by atoms with Gasteiger partial charge in [0.05, 0.1) is 12.8 Å². The molecule has 1 N–H and O–H groups in total. The summed E-state index contributed by atoms with van der Waals surface area (Å²) in [5, 5.41) is 3.43. The smallest absolute Gasteiger partial charge is 0.322 e. The lowest BCUT2D eigenvalue weighted by Crippen LogP contribution is -2.45. The van der Waals surface area contributed by atoms with Gasteiger partial charge in [0.25, 0.3) is 0 Å². The van der Waals surface area contributed by atoms with Gasteiger partial charge in [0, 0.05) is 23.8 Å². The van der Waals surface area contributed by atoms with Crippen molar-refractivity contribution in [3.05, 3.63) is 76.7 Å². The number of aryl methyl sites for hydroxylation is 1. The van der Waals surface area contributed by atoms with Crippen molar-refractivity contribution in [1.82, 2.24) is 9.80 Å². The summed E-state index contributed by atoms with van der Waals surface area (Å²) in [4.78, 5) is 29.9. The van der Waals surface area contributed by atoms with E-state index in [1.807, 2.05) is 51.1 Å². The van der Waals surface area contributed by atoms with Crippen LogP contribution in [0.25, 0.3) is 0 Å². The molecule has 190 valence electrons. The monoisotopic (exact) mass is 511 g/mol. The topological polar surface area (TPSA) is 84.3 Å². The molecule has 0 saturated carbocycles. The number of anilines is 1. The van der Waals surface area contributed by atoms with E-state index in [-0.39, 0.29) is 37.7 Å². The van der Waals surface area contributed by atoms with E-state index in [0.29, 0.717) is 41.1 Å². The third-order valence-electron chi connectivity index (χ3n) is 5.71. The van der Waals surface area contributed by atoms with E-state index in [2.05, 4.69) is 5.32 Å². The van der Waals surface area contributed by atoms with E-state index in [4.69, 9.17) is 25.5 Å². The van der Waals surface area contributed by atoms with Crippen molar-refractivity contribution >= 4 is 29.2 Å². The van der Waals surface area contributed by atoms with Gasteiger partial charge in [-0.3, -0.25) is 4.79 Å². The molecule has 3 aromatic rings. The van der Waals surface area contributed by atoms with Crippen molar-refractivity contribution in [2.75, 3.05) is 25.2 Å². The van der Waals surface area contributed by atoms with Crippen LogP contribution in [0, 0.1) is 12.8 Å². The standard InChI is InChI=1S/C27H30ClN3O5/c1-18(2)13-31(27(33)29-21-8-6-19(3)23(28)12-21)16-26(32)30(15-22-5-4-10-34-22)14-20-7-9-24-25(11-20)36-17-35-24/h4-12,18H,13-17H2,1-3H3,(H,29,33). The first-order chi connectivity index (χ1) is 17.3. The number of carbonyl (C=O) groups is 2. The minimum atomic E-state index is -0.363. The number of furan rings is 1. The Morgan fingerprint density at radius 3 is 2.56 bits per heavy atom. The fourth-order valence-electron chi connectivity index (χ4n) is 3.88. The maximum Gasteiger partial charge on any atom is 0.322 e. The molecule has 0 radical (unpaired) electrons. The Balaban J connectivity index is 1.50. The van der Waals surface area contributed by atoms with Crippen LogP contribution in [-0.4, -0.2) is 41.6 Å². The van der Waals surface area contributed by atoms with E-state index in [1.54, 1.807) is 29.4 Å². The van der Waals surface area contributed by atoms with Crippen molar-refractivity contribution in [3.8, 4) is 11.5 Å². The second-order valence-corrected chi connectivity index (χ2v) is 9.59. The molecule has 1 aromatic heterocycles. The van der Waals surface area contributed by atoms with E-state index in [0.717, 1.165) is 11.1 Å². The van der Waals surface area contributed by atoms with Gasteiger partial charge in [0.1, 0.15) is 12.3 Å². The van der Waals surface area contributed by atoms with Gasteiger partial charge >= 0.3 is 6.03 Å². The van der Waals surface area contributed by atoms with Gasteiger partial charge in [0.15, 0.2) is 11.5 Å². The largest absolute Gasteiger partial charge is 0.467 e. The zero-order valence-electron chi connectivity index (χ0n) is 20.6. The molecule has 0 aliphatic carbocycles. The van der Waals surface area contributed by atoms with Crippen molar-refractivity contribution in [2.24, 2.45) is 5.92 Å². The third-order valence-corrected chi connectivity index (χ3v) is 6.12. The molecule has 8 nitrogen and oxygen atoms in total. The molecular formula is C27H30ClN3O5. The minimum absolute atomic E-state index is 0.0884. The molecule has 0 unspecified atom stereocenters. The van der Waals surface area contributed by atoms with Crippen molar-refractivity contribution < 1.29 is 23.5 Å². The predicted molar refractivity (Wildman–Crippen MR) is 137 cm³/mol. The second kappa shape index (κ2) is 11.4. The molecule has 9 heteroatoms. The highest BCUT2D eigenvalue weighted by atomic mass is 35.5. The summed E-state index contributed by atoms with van der Waals surface area (Å²) in [7, 11) is 0. The van der Waals surface area contributed by atoms with E-state index >= 15 is 0 Å². The minimum Gasteiger partial charge on any atom is -0.467 e. The first kappa shape index (κ1) is 25.4. The lowest BCUT2D eigenvalue weighted by molar-refractivity contribution is -0.133. The van der Waals surface area contributed by atoms with E-state index in [9.17, 15) is 9.59 Å². The summed E-state index contributed by atoms with van der Waals surface area (Å²) in [5.41, 5.74) is 2.37. The summed E-state index contributed by atoms with van der Waals surface area (Å²) < 4.78 is 16.4. The number of nitrogens with zero attached hydrogens (tertiary/aromatic N) is 2. The predicted octanol–water partition coefficient (Wildman–Crippen LogP) is 5.69. The number of urea groups is 1. The second-order valence-electron chi connectivity index (χ2n) is 9.19. The normalized spacial score (nSPS) is 12.0. The summed E-state index contributed by atoms with van der Waals surface area (Å²) in [6.07, 6.45) is 1.57. The lowest BCUT2D eigenvalue weighted by Gasteiger charge is -2.28. The average Bonchev–Trinajstić information content (AvgIpc) is 3.52. The van der Waals surface area contributed by atoms with Crippen molar-refractivity contribution in [2.45, 2.75) is 33.9 Å². The zero-order valence-corrected chi connectivity index (χ0v) is 21.4. The zero-order chi connectivity index (χ0) is 25.7. The molecule has 0 atom stereocenters. The van der Waals surface area contributed by atoms with Crippen LogP contribution in [0.5, 0.6) is 11.5 Å². The number of amides is 3. The quantitative estimate of drug-likeness (QED) is 0.399. The molecule has 3 amide bonds. The summed E-state index contributed by atoms with van der Waals surface area (Å²) in [6.45, 7) is 6.99. The van der Waals surface area contributed by atoms with Gasteiger partial charge in [-0.15, -0.1) is 0 Å². The highest BCUT2D eigenvalue weighted by molar-refractivity contribution is 6.31. The maximum absolute atomic E-state index is 13.5. The molecule has 36 heavy (non-hydrogen) atoms. The molecule has 0 saturated heterocycles. The Kier molecular flexibility index (Phi) is 8.05. The van der Waals surface area contributed by atoms with Crippen LogP contribution in [0.2, 0.25) is 5.02 Å². The first-order valence-corrected chi connectivity index (χ1v) is 12.2. The lowest BCUT2D eigenvalue weighted by atomic mass is 10.1. The number of nitrogens with one attached hydrogen (secondary N) is 1.